The molecule has 1 aromatic rings. The number of amides is 1. The number of rotatable bonds is 7. The largest absolute Gasteiger partial charge is 0.379 e. The molecule has 0 radical (unpaired) electrons. The highest BCUT2D eigenvalue weighted by Crippen LogP contribution is 2.06. The van der Waals surface area contributed by atoms with Crippen LogP contribution in [-0.4, -0.2) is 63.2 Å². The lowest BCUT2D eigenvalue weighted by Crippen LogP contribution is -2.39. The molecule has 0 spiro atoms. The van der Waals surface area contributed by atoms with E-state index in [0.29, 0.717) is 18.1 Å². The molecule has 8 heteroatoms. The van der Waals surface area contributed by atoms with Crippen molar-refractivity contribution >= 4 is 35.8 Å². The van der Waals surface area contributed by atoms with Crippen LogP contribution in [0, 0.1) is 0 Å². The molecule has 1 aliphatic rings. The molecule has 25 heavy (non-hydrogen) atoms. The number of nitrogens with zero attached hydrogens (tertiary/aromatic N) is 2. The van der Waals surface area contributed by atoms with E-state index in [0.717, 1.165) is 51.4 Å². The molecule has 0 atom stereocenters. The second-order valence-electron chi connectivity index (χ2n) is 5.72. The maximum absolute atomic E-state index is 11.6. The van der Waals surface area contributed by atoms with Crippen molar-refractivity contribution in [3.8, 4) is 0 Å². The highest BCUT2D eigenvalue weighted by Gasteiger charge is 2.09. The van der Waals surface area contributed by atoms with E-state index in [-0.39, 0.29) is 29.9 Å². The topological polar surface area (TPSA) is 92.0 Å². The number of halogens is 1. The SMILES string of the molecule is CNC(=O)c1cccc(CN=C(N)NCCCN2CCOCC2)c1.I. The minimum atomic E-state index is -0.102. The van der Waals surface area contributed by atoms with Gasteiger partial charge in [0.1, 0.15) is 0 Å². The van der Waals surface area contributed by atoms with Gasteiger partial charge in [-0.1, -0.05) is 12.1 Å². The number of hydrogen-bond donors (Lipinski definition) is 3. The van der Waals surface area contributed by atoms with Crippen LogP contribution in [0.25, 0.3) is 0 Å². The fourth-order valence-corrected chi connectivity index (χ4v) is 2.53. The van der Waals surface area contributed by atoms with E-state index in [2.05, 4.69) is 20.5 Å². The summed E-state index contributed by atoms with van der Waals surface area (Å²) in [6.07, 6.45) is 1.02. The van der Waals surface area contributed by atoms with Crippen molar-refractivity contribution in [3.05, 3.63) is 35.4 Å². The summed E-state index contributed by atoms with van der Waals surface area (Å²) in [5, 5.41) is 5.74. The van der Waals surface area contributed by atoms with Crippen LogP contribution in [0.15, 0.2) is 29.3 Å². The van der Waals surface area contributed by atoms with Crippen LogP contribution in [0.5, 0.6) is 0 Å². The Morgan fingerprint density at radius 2 is 2.12 bits per heavy atom. The van der Waals surface area contributed by atoms with Crippen molar-refractivity contribution in [3.63, 3.8) is 0 Å². The number of benzene rings is 1. The molecule has 0 aliphatic carbocycles. The number of guanidine groups is 1. The molecule has 1 heterocycles. The predicted molar refractivity (Wildman–Crippen MR) is 110 cm³/mol. The molecule has 7 nitrogen and oxygen atoms in total. The Balaban J connectivity index is 0.00000312. The van der Waals surface area contributed by atoms with Crippen LogP contribution in [0.2, 0.25) is 0 Å². The highest BCUT2D eigenvalue weighted by atomic mass is 127. The molecule has 1 saturated heterocycles. The van der Waals surface area contributed by atoms with Gasteiger partial charge in [0, 0.05) is 32.2 Å². The lowest BCUT2D eigenvalue weighted by atomic mass is 10.1. The molecule has 0 aromatic heterocycles. The van der Waals surface area contributed by atoms with Crippen LogP contribution in [-0.2, 0) is 11.3 Å². The van der Waals surface area contributed by atoms with Gasteiger partial charge in [-0.25, -0.2) is 4.99 Å². The van der Waals surface area contributed by atoms with Gasteiger partial charge in [0.25, 0.3) is 5.91 Å². The van der Waals surface area contributed by atoms with Gasteiger partial charge in [-0.2, -0.15) is 0 Å². The number of aliphatic imine (C=N–C) groups is 1. The number of carbonyl (C=O) groups is 1. The van der Waals surface area contributed by atoms with Gasteiger partial charge >= 0.3 is 0 Å². The first-order valence-electron chi connectivity index (χ1n) is 8.34. The molecule has 0 saturated carbocycles. The van der Waals surface area contributed by atoms with E-state index in [9.17, 15) is 4.79 Å². The van der Waals surface area contributed by atoms with E-state index in [1.807, 2.05) is 18.2 Å². The van der Waals surface area contributed by atoms with Crippen LogP contribution >= 0.6 is 24.0 Å². The fraction of sp³-hybridized carbons (Fsp3) is 0.529. The number of ether oxygens (including phenoxy) is 1. The Hall–Kier alpha value is -1.39. The van der Waals surface area contributed by atoms with E-state index in [1.54, 1.807) is 13.1 Å². The fourth-order valence-electron chi connectivity index (χ4n) is 2.53. The Kier molecular flexibility index (Phi) is 10.4. The lowest BCUT2D eigenvalue weighted by Gasteiger charge is -2.26. The summed E-state index contributed by atoms with van der Waals surface area (Å²) >= 11 is 0. The van der Waals surface area contributed by atoms with E-state index in [4.69, 9.17) is 10.5 Å². The molecule has 2 rings (SSSR count). The van der Waals surface area contributed by atoms with E-state index in [1.165, 1.54) is 0 Å². The van der Waals surface area contributed by atoms with Crippen molar-refractivity contribution < 1.29 is 9.53 Å². The van der Waals surface area contributed by atoms with E-state index < -0.39 is 0 Å². The van der Waals surface area contributed by atoms with Crippen molar-refractivity contribution in [1.82, 2.24) is 15.5 Å². The van der Waals surface area contributed by atoms with Gasteiger partial charge in [0.05, 0.1) is 19.8 Å². The first-order chi connectivity index (χ1) is 11.7. The Morgan fingerprint density at radius 1 is 1.36 bits per heavy atom. The maximum atomic E-state index is 11.6. The lowest BCUT2D eigenvalue weighted by molar-refractivity contribution is 0.0376. The zero-order chi connectivity index (χ0) is 17.2. The van der Waals surface area contributed by atoms with Gasteiger partial charge in [-0.05, 0) is 30.7 Å². The minimum absolute atomic E-state index is 0. The first kappa shape index (κ1) is 21.7. The molecular weight excluding hydrogens is 433 g/mol. The predicted octanol–water partition coefficient (Wildman–Crippen LogP) is 0.791. The second kappa shape index (κ2) is 12.0. The summed E-state index contributed by atoms with van der Waals surface area (Å²) in [7, 11) is 1.62. The summed E-state index contributed by atoms with van der Waals surface area (Å²) < 4.78 is 5.33. The summed E-state index contributed by atoms with van der Waals surface area (Å²) in [5.74, 6) is 0.331. The molecule has 1 aliphatic heterocycles. The summed E-state index contributed by atoms with van der Waals surface area (Å²) in [6.45, 7) is 5.95. The Bertz CT molecular complexity index is 562. The monoisotopic (exact) mass is 461 g/mol. The first-order valence-corrected chi connectivity index (χ1v) is 8.34. The average molecular weight is 461 g/mol. The third kappa shape index (κ3) is 8.02. The number of nitrogens with two attached hydrogens (primary N) is 1. The zero-order valence-electron chi connectivity index (χ0n) is 14.7. The third-order valence-corrected chi connectivity index (χ3v) is 3.91. The number of hydrogen-bond acceptors (Lipinski definition) is 4. The molecule has 1 aromatic carbocycles. The quantitative estimate of drug-likeness (QED) is 0.242. The minimum Gasteiger partial charge on any atom is -0.379 e. The smallest absolute Gasteiger partial charge is 0.251 e. The summed E-state index contributed by atoms with van der Waals surface area (Å²) in [6, 6.07) is 7.39. The number of carbonyl (C=O) groups excluding carboxylic acids is 1. The molecule has 0 bridgehead atoms. The number of nitrogens with one attached hydrogen (secondary N) is 2. The molecule has 1 amide bonds. The standard InChI is InChI=1S/C17H27N5O2.HI/c1-19-16(23)15-5-2-4-14(12-15)13-21-17(18)20-6-3-7-22-8-10-24-11-9-22;/h2,4-5,12H,3,6-11,13H2,1H3,(H,19,23)(H3,18,20,21);1H. The Morgan fingerprint density at radius 3 is 2.84 bits per heavy atom. The average Bonchev–Trinajstić information content (AvgIpc) is 2.64. The Labute approximate surface area is 166 Å². The molecule has 4 N–H and O–H groups in total. The van der Waals surface area contributed by atoms with E-state index >= 15 is 0 Å². The van der Waals surface area contributed by atoms with Crippen molar-refractivity contribution in [1.29, 1.82) is 0 Å². The van der Waals surface area contributed by atoms with Gasteiger partial charge < -0.3 is 21.1 Å². The van der Waals surface area contributed by atoms with Crippen LogP contribution in [0.3, 0.4) is 0 Å². The maximum Gasteiger partial charge on any atom is 0.251 e. The highest BCUT2D eigenvalue weighted by molar-refractivity contribution is 14.0. The number of morpholine rings is 1. The normalized spacial score (nSPS) is 15.3. The van der Waals surface area contributed by atoms with Crippen LogP contribution in [0.1, 0.15) is 22.3 Å². The zero-order valence-corrected chi connectivity index (χ0v) is 17.0. The van der Waals surface area contributed by atoms with Crippen LogP contribution in [0.4, 0.5) is 0 Å². The molecular formula is C17H28IN5O2. The second-order valence-corrected chi connectivity index (χ2v) is 5.72. The third-order valence-electron chi connectivity index (χ3n) is 3.91. The molecule has 140 valence electrons. The van der Waals surface area contributed by atoms with Gasteiger partial charge in [0.15, 0.2) is 5.96 Å². The van der Waals surface area contributed by atoms with Crippen LogP contribution < -0.4 is 16.4 Å². The molecule has 0 unspecified atom stereocenters. The summed E-state index contributed by atoms with van der Waals surface area (Å²) in [4.78, 5) is 18.3. The van der Waals surface area contributed by atoms with Crippen molar-refractivity contribution in [2.24, 2.45) is 10.7 Å². The van der Waals surface area contributed by atoms with Crippen molar-refractivity contribution in [2.75, 3.05) is 46.4 Å². The van der Waals surface area contributed by atoms with Gasteiger partial charge in [-0.3, -0.25) is 9.69 Å². The van der Waals surface area contributed by atoms with Gasteiger partial charge in [-0.15, -0.1) is 24.0 Å². The van der Waals surface area contributed by atoms with Crippen molar-refractivity contribution in [2.45, 2.75) is 13.0 Å². The molecule has 1 fully saturated rings. The summed E-state index contributed by atoms with van der Waals surface area (Å²) in [5.41, 5.74) is 7.47. The van der Waals surface area contributed by atoms with Gasteiger partial charge in [0.2, 0.25) is 0 Å².